The summed E-state index contributed by atoms with van der Waals surface area (Å²) in [5.41, 5.74) is 0. The van der Waals surface area contributed by atoms with Crippen LogP contribution in [0.1, 0.15) is 0 Å². The van der Waals surface area contributed by atoms with Gasteiger partial charge in [-0.3, -0.25) is 0 Å². The van der Waals surface area contributed by atoms with Crippen molar-refractivity contribution in [3.63, 3.8) is 0 Å². The number of hydrogen-bond donors (Lipinski definition) is 0. The van der Waals surface area contributed by atoms with Crippen LogP contribution in [0.2, 0.25) is 5.02 Å². The summed E-state index contributed by atoms with van der Waals surface area (Å²) in [4.78, 5) is 0. The Morgan fingerprint density at radius 3 is 2.39 bits per heavy atom. The number of rotatable bonds is 0. The van der Waals surface area contributed by atoms with Crippen molar-refractivity contribution in [1.29, 1.82) is 0 Å². The number of ether oxygens (including phenoxy) is 2. The van der Waals surface area contributed by atoms with E-state index in [9.17, 15) is 0 Å². The molecule has 1 aliphatic rings. The maximum absolute atomic E-state index is 6.13. The van der Waals surface area contributed by atoms with Gasteiger partial charge >= 0.3 is 0 Å². The first-order valence-electron chi connectivity index (χ1n) is 4.89. The molecule has 2 aromatic rings. The van der Waals surface area contributed by atoms with Gasteiger partial charge in [-0.15, -0.1) is 0 Å². The summed E-state index contributed by atoms with van der Waals surface area (Å²) in [6.45, 7) is 0. The van der Waals surface area contributed by atoms with Gasteiger partial charge in [-0.2, -0.15) is 0 Å². The third-order valence-electron chi connectivity index (χ3n) is 2.44. The zero-order valence-corrected chi connectivity index (χ0v) is 14.2. The van der Waals surface area contributed by atoms with E-state index >= 15 is 0 Å². The number of fused-ring (bicyclic) bond motifs is 2. The van der Waals surface area contributed by atoms with E-state index in [1.807, 2.05) is 18.2 Å². The Morgan fingerprint density at radius 1 is 0.889 bits per heavy atom. The number of benzene rings is 2. The van der Waals surface area contributed by atoms with Crippen LogP contribution >= 0.6 is 59.4 Å². The van der Waals surface area contributed by atoms with Gasteiger partial charge < -0.3 is 9.47 Å². The molecule has 0 fully saturated rings. The lowest BCUT2D eigenvalue weighted by atomic mass is 10.2. The summed E-state index contributed by atoms with van der Waals surface area (Å²) in [5.74, 6) is 2.49. The molecular weight excluding hydrogens is 451 g/mol. The molecule has 0 spiro atoms. The Morgan fingerprint density at radius 2 is 1.61 bits per heavy atom. The van der Waals surface area contributed by atoms with Crippen molar-refractivity contribution in [3.05, 3.63) is 42.7 Å². The lowest BCUT2D eigenvalue weighted by Gasteiger charge is -2.23. The van der Waals surface area contributed by atoms with Gasteiger partial charge in [0.2, 0.25) is 0 Å². The number of para-hydroxylation sites is 1. The highest BCUT2D eigenvalue weighted by atomic mass is 79.9. The molecule has 2 nitrogen and oxygen atoms in total. The van der Waals surface area contributed by atoms with Crippen LogP contribution in [0.4, 0.5) is 0 Å². The summed E-state index contributed by atoms with van der Waals surface area (Å²) >= 11 is 16.3. The minimum atomic E-state index is 0.552. The van der Waals surface area contributed by atoms with Crippen LogP contribution in [0.15, 0.2) is 37.7 Å². The maximum atomic E-state index is 6.13. The molecule has 0 atom stereocenters. The molecule has 0 bridgehead atoms. The smallest absolute Gasteiger partial charge is 0.185 e. The molecule has 1 heterocycles. The fourth-order valence-electron chi connectivity index (χ4n) is 1.62. The van der Waals surface area contributed by atoms with E-state index < -0.39 is 0 Å². The van der Waals surface area contributed by atoms with E-state index in [1.165, 1.54) is 0 Å². The molecule has 92 valence electrons. The first kappa shape index (κ1) is 12.8. The zero-order valence-electron chi connectivity index (χ0n) is 8.64. The topological polar surface area (TPSA) is 18.5 Å². The van der Waals surface area contributed by atoms with Crippen LogP contribution in [0.25, 0.3) is 0 Å². The second-order valence-electron chi connectivity index (χ2n) is 3.58. The molecule has 18 heavy (non-hydrogen) atoms. The summed E-state index contributed by atoms with van der Waals surface area (Å²) < 4.78 is 13.9. The largest absolute Gasteiger partial charge is 0.448 e. The molecule has 2 aromatic carbocycles. The van der Waals surface area contributed by atoms with Crippen molar-refractivity contribution in [2.45, 2.75) is 0 Å². The van der Waals surface area contributed by atoms with E-state index in [0.29, 0.717) is 32.5 Å². The third-order valence-corrected chi connectivity index (χ3v) is 5.29. The van der Waals surface area contributed by atoms with Crippen LogP contribution in [-0.2, 0) is 0 Å². The maximum Gasteiger partial charge on any atom is 0.185 e. The highest BCUT2D eigenvalue weighted by Crippen LogP contribution is 2.54. The van der Waals surface area contributed by atoms with Crippen molar-refractivity contribution in [1.82, 2.24) is 0 Å². The van der Waals surface area contributed by atoms with E-state index in [2.05, 4.69) is 47.8 Å². The summed E-state index contributed by atoms with van der Waals surface area (Å²) in [6.07, 6.45) is 0. The van der Waals surface area contributed by atoms with Crippen LogP contribution in [0.5, 0.6) is 23.0 Å². The monoisotopic (exact) mass is 452 g/mol. The van der Waals surface area contributed by atoms with Crippen molar-refractivity contribution < 1.29 is 9.47 Å². The normalized spacial score (nSPS) is 12.2. The predicted molar refractivity (Wildman–Crippen MR) is 81.1 cm³/mol. The Balaban J connectivity index is 2.20. The van der Waals surface area contributed by atoms with Gasteiger partial charge in [0, 0.05) is 10.5 Å². The fourth-order valence-corrected chi connectivity index (χ4v) is 3.35. The van der Waals surface area contributed by atoms with Crippen molar-refractivity contribution in [2.75, 3.05) is 0 Å². The van der Waals surface area contributed by atoms with Crippen LogP contribution in [0.3, 0.4) is 0 Å². The average Bonchev–Trinajstić information content (AvgIpc) is 2.36. The molecular formula is C12H4Br3ClO2. The molecule has 6 heteroatoms. The fraction of sp³-hybridized carbons (Fsp3) is 0. The lowest BCUT2D eigenvalue weighted by molar-refractivity contribution is 0.355. The van der Waals surface area contributed by atoms with Crippen molar-refractivity contribution in [2.24, 2.45) is 0 Å². The van der Waals surface area contributed by atoms with E-state index in [-0.39, 0.29) is 0 Å². The zero-order chi connectivity index (χ0) is 12.9. The molecule has 0 amide bonds. The summed E-state index contributed by atoms with van der Waals surface area (Å²) in [5, 5.41) is 0.552. The Hall–Kier alpha value is -0.230. The molecule has 0 aromatic heterocycles. The Bertz CT molecular complexity index is 658. The summed E-state index contributed by atoms with van der Waals surface area (Å²) in [7, 11) is 0. The minimum absolute atomic E-state index is 0.552. The highest BCUT2D eigenvalue weighted by molar-refractivity contribution is 9.11. The Kier molecular flexibility index (Phi) is 3.34. The average molecular weight is 455 g/mol. The molecule has 0 saturated heterocycles. The van der Waals surface area contributed by atoms with E-state index in [0.717, 1.165) is 8.95 Å². The highest BCUT2D eigenvalue weighted by Gasteiger charge is 2.25. The van der Waals surface area contributed by atoms with Crippen molar-refractivity contribution in [3.8, 4) is 23.0 Å². The molecule has 0 N–H and O–H groups in total. The van der Waals surface area contributed by atoms with Crippen LogP contribution < -0.4 is 9.47 Å². The molecule has 0 radical (unpaired) electrons. The van der Waals surface area contributed by atoms with Gasteiger partial charge in [-0.05, 0) is 59.9 Å². The van der Waals surface area contributed by atoms with Crippen molar-refractivity contribution >= 4 is 59.4 Å². The molecule has 3 rings (SSSR count). The number of halogens is 4. The van der Waals surface area contributed by atoms with E-state index in [1.54, 1.807) is 6.07 Å². The first-order chi connectivity index (χ1) is 8.58. The number of hydrogen-bond acceptors (Lipinski definition) is 2. The molecule has 1 aliphatic heterocycles. The van der Waals surface area contributed by atoms with Gasteiger partial charge in [-0.1, -0.05) is 17.7 Å². The van der Waals surface area contributed by atoms with Gasteiger partial charge in [0.05, 0.1) is 14.0 Å². The second kappa shape index (κ2) is 4.71. The van der Waals surface area contributed by atoms with Crippen LogP contribution in [-0.4, -0.2) is 0 Å². The predicted octanol–water partition coefficient (Wildman–Crippen LogP) is 6.53. The van der Waals surface area contributed by atoms with Crippen LogP contribution in [0, 0.1) is 0 Å². The van der Waals surface area contributed by atoms with Gasteiger partial charge in [-0.25, -0.2) is 0 Å². The molecule has 0 aliphatic carbocycles. The van der Waals surface area contributed by atoms with E-state index in [4.69, 9.17) is 21.1 Å². The third kappa shape index (κ3) is 1.97. The lowest BCUT2D eigenvalue weighted by Crippen LogP contribution is -2.00. The SMILES string of the molecule is Clc1c(Br)cc2c(c1Br)Oc1cccc(Br)c1O2. The van der Waals surface area contributed by atoms with Gasteiger partial charge in [0.25, 0.3) is 0 Å². The Labute approximate surface area is 134 Å². The van der Waals surface area contributed by atoms with Gasteiger partial charge in [0.1, 0.15) is 0 Å². The first-order valence-corrected chi connectivity index (χ1v) is 7.65. The standard InChI is InChI=1S/C12H4Br3ClO2/c13-5-2-1-3-7-11(5)18-8-4-6(14)10(16)9(15)12(8)17-7/h1-4H. The molecule has 0 unspecified atom stereocenters. The summed E-state index contributed by atoms with van der Waals surface area (Å²) in [6, 6.07) is 7.40. The minimum Gasteiger partial charge on any atom is -0.448 e. The second-order valence-corrected chi connectivity index (χ2v) is 6.46. The molecule has 0 saturated carbocycles. The quantitative estimate of drug-likeness (QED) is 0.359. The van der Waals surface area contributed by atoms with Gasteiger partial charge in [0.15, 0.2) is 23.0 Å².